The quantitative estimate of drug-likeness (QED) is 0.472. The van der Waals surface area contributed by atoms with Crippen molar-refractivity contribution in [2.45, 2.75) is 32.7 Å². The van der Waals surface area contributed by atoms with Crippen molar-refractivity contribution in [1.82, 2.24) is 20.4 Å². The Balaban J connectivity index is 1.52. The number of ether oxygens (including phenoxy) is 1. The van der Waals surface area contributed by atoms with Crippen molar-refractivity contribution in [2.75, 3.05) is 6.61 Å². The zero-order valence-electron chi connectivity index (χ0n) is 16.3. The van der Waals surface area contributed by atoms with E-state index < -0.39 is 0 Å². The van der Waals surface area contributed by atoms with Gasteiger partial charge in [-0.15, -0.1) is 0 Å². The number of nitrogens with zero attached hydrogens (tertiary/aromatic N) is 3. The minimum Gasteiger partial charge on any atom is -0.494 e. The lowest BCUT2D eigenvalue weighted by atomic mass is 10.0. The summed E-state index contributed by atoms with van der Waals surface area (Å²) in [5, 5.41) is 7.00. The van der Waals surface area contributed by atoms with Crippen LogP contribution in [0.2, 0.25) is 0 Å². The highest BCUT2D eigenvalue weighted by Crippen LogP contribution is 2.23. The van der Waals surface area contributed by atoms with E-state index >= 15 is 0 Å². The summed E-state index contributed by atoms with van der Waals surface area (Å²) in [6.45, 7) is 4.45. The summed E-state index contributed by atoms with van der Waals surface area (Å²) in [5.74, 6) is 1.63. The van der Waals surface area contributed by atoms with Crippen LogP contribution in [0.25, 0.3) is 11.4 Å². The van der Waals surface area contributed by atoms with Crippen molar-refractivity contribution in [3.8, 4) is 17.1 Å². The van der Waals surface area contributed by atoms with Crippen LogP contribution in [0.4, 0.5) is 0 Å². The first-order valence-corrected chi connectivity index (χ1v) is 10.2. The Hall–Kier alpha value is -2.74. The minimum atomic E-state index is -0.355. The Morgan fingerprint density at radius 1 is 1.28 bits per heavy atom. The molecule has 152 valence electrons. The van der Waals surface area contributed by atoms with Crippen LogP contribution < -0.4 is 10.1 Å². The van der Waals surface area contributed by atoms with Crippen LogP contribution in [0.5, 0.6) is 5.75 Å². The van der Waals surface area contributed by atoms with E-state index in [0.717, 1.165) is 15.8 Å². The van der Waals surface area contributed by atoms with Gasteiger partial charge >= 0.3 is 0 Å². The van der Waals surface area contributed by atoms with Crippen molar-refractivity contribution in [1.29, 1.82) is 0 Å². The number of amides is 1. The Labute approximate surface area is 178 Å². The molecular weight excluding hydrogens is 436 g/mol. The zero-order chi connectivity index (χ0) is 20.6. The molecule has 0 fully saturated rings. The number of halogens is 1. The molecular formula is C21H23BrN4O3. The van der Waals surface area contributed by atoms with Gasteiger partial charge in [0.25, 0.3) is 0 Å². The largest absolute Gasteiger partial charge is 0.494 e. The standard InChI is InChI=1S/C21H23BrN4O3/c1-14(2)19(21-25-20(26-29-21)15-6-4-10-23-13-15)24-18(27)9-5-11-28-17-8-3-7-16(22)12-17/h3-4,6-8,10,12-14,19H,5,9,11H2,1-2H3,(H,24,27). The van der Waals surface area contributed by atoms with Gasteiger partial charge in [0.2, 0.25) is 17.6 Å². The third kappa shape index (κ3) is 6.12. The fourth-order valence-corrected chi connectivity index (χ4v) is 3.09. The lowest BCUT2D eigenvalue weighted by Crippen LogP contribution is -2.32. The van der Waals surface area contributed by atoms with Gasteiger partial charge in [0.15, 0.2) is 0 Å². The molecule has 3 rings (SSSR count). The van der Waals surface area contributed by atoms with Crippen LogP contribution in [-0.4, -0.2) is 27.6 Å². The number of hydrogen-bond acceptors (Lipinski definition) is 6. The van der Waals surface area contributed by atoms with E-state index in [-0.39, 0.29) is 17.9 Å². The highest BCUT2D eigenvalue weighted by Gasteiger charge is 2.24. The van der Waals surface area contributed by atoms with Gasteiger partial charge in [-0.05, 0) is 42.7 Å². The highest BCUT2D eigenvalue weighted by atomic mass is 79.9. The van der Waals surface area contributed by atoms with E-state index in [4.69, 9.17) is 9.26 Å². The van der Waals surface area contributed by atoms with Crippen molar-refractivity contribution in [3.05, 3.63) is 59.2 Å². The number of rotatable bonds is 9. The molecule has 0 aliphatic carbocycles. The lowest BCUT2D eigenvalue weighted by Gasteiger charge is -2.18. The summed E-state index contributed by atoms with van der Waals surface area (Å²) in [7, 11) is 0. The van der Waals surface area contributed by atoms with Gasteiger partial charge in [-0.3, -0.25) is 9.78 Å². The van der Waals surface area contributed by atoms with Crippen LogP contribution in [0.3, 0.4) is 0 Å². The topological polar surface area (TPSA) is 90.1 Å². The first-order valence-electron chi connectivity index (χ1n) is 9.44. The van der Waals surface area contributed by atoms with Crippen molar-refractivity contribution in [3.63, 3.8) is 0 Å². The number of aromatic nitrogens is 3. The summed E-state index contributed by atoms with van der Waals surface area (Å²) >= 11 is 3.41. The maximum Gasteiger partial charge on any atom is 0.249 e. The van der Waals surface area contributed by atoms with Gasteiger partial charge in [0.05, 0.1) is 6.61 Å². The summed E-state index contributed by atoms with van der Waals surface area (Å²) in [6.07, 6.45) is 4.31. The van der Waals surface area contributed by atoms with Crippen LogP contribution in [-0.2, 0) is 4.79 Å². The smallest absolute Gasteiger partial charge is 0.249 e. The number of hydrogen-bond donors (Lipinski definition) is 1. The molecule has 1 aromatic carbocycles. The molecule has 0 bridgehead atoms. The Kier molecular flexibility index (Phi) is 7.35. The molecule has 29 heavy (non-hydrogen) atoms. The number of carbonyl (C=O) groups excluding carboxylic acids is 1. The van der Waals surface area contributed by atoms with Crippen molar-refractivity contribution < 1.29 is 14.1 Å². The van der Waals surface area contributed by atoms with Gasteiger partial charge in [-0.2, -0.15) is 4.98 Å². The summed E-state index contributed by atoms with van der Waals surface area (Å²) in [6, 6.07) is 10.9. The molecule has 2 heterocycles. The van der Waals surface area contributed by atoms with Crippen LogP contribution in [0, 0.1) is 5.92 Å². The maximum absolute atomic E-state index is 12.4. The van der Waals surface area contributed by atoms with E-state index in [1.807, 2.05) is 50.2 Å². The molecule has 1 atom stereocenters. The second kappa shape index (κ2) is 10.2. The van der Waals surface area contributed by atoms with Gasteiger partial charge < -0.3 is 14.6 Å². The van der Waals surface area contributed by atoms with Crippen LogP contribution in [0.15, 0.2) is 57.8 Å². The van der Waals surface area contributed by atoms with Gasteiger partial charge in [0, 0.05) is 28.9 Å². The Morgan fingerprint density at radius 2 is 2.14 bits per heavy atom. The summed E-state index contributed by atoms with van der Waals surface area (Å²) in [5.41, 5.74) is 0.765. The molecule has 2 aromatic heterocycles. The summed E-state index contributed by atoms with van der Waals surface area (Å²) < 4.78 is 12.0. The molecule has 7 nitrogen and oxygen atoms in total. The molecule has 0 spiro atoms. The van der Waals surface area contributed by atoms with E-state index in [1.165, 1.54) is 0 Å². The maximum atomic E-state index is 12.4. The lowest BCUT2D eigenvalue weighted by molar-refractivity contribution is -0.122. The van der Waals surface area contributed by atoms with E-state index in [1.54, 1.807) is 12.4 Å². The molecule has 0 saturated carbocycles. The third-order valence-corrected chi connectivity index (χ3v) is 4.72. The molecule has 0 saturated heterocycles. The van der Waals surface area contributed by atoms with E-state index in [2.05, 4.69) is 36.4 Å². The molecule has 0 aliphatic rings. The normalized spacial score (nSPS) is 12.0. The SMILES string of the molecule is CC(C)C(NC(=O)CCCOc1cccc(Br)c1)c1nc(-c2cccnc2)no1. The van der Waals surface area contributed by atoms with Crippen molar-refractivity contribution in [2.24, 2.45) is 5.92 Å². The number of nitrogens with one attached hydrogen (secondary N) is 1. The van der Waals surface area contributed by atoms with Crippen molar-refractivity contribution >= 4 is 21.8 Å². The monoisotopic (exact) mass is 458 g/mol. The number of benzene rings is 1. The molecule has 3 aromatic rings. The Bertz CT molecular complexity index is 930. The number of pyridine rings is 1. The second-order valence-corrected chi connectivity index (χ2v) is 7.81. The Morgan fingerprint density at radius 3 is 2.86 bits per heavy atom. The zero-order valence-corrected chi connectivity index (χ0v) is 17.9. The average Bonchev–Trinajstić information content (AvgIpc) is 3.20. The highest BCUT2D eigenvalue weighted by molar-refractivity contribution is 9.10. The molecule has 0 radical (unpaired) electrons. The predicted octanol–water partition coefficient (Wildman–Crippen LogP) is 4.57. The molecule has 1 amide bonds. The van der Waals surface area contributed by atoms with Gasteiger partial charge in [-0.1, -0.05) is 41.0 Å². The molecule has 1 N–H and O–H groups in total. The molecule has 1 unspecified atom stereocenters. The van der Waals surface area contributed by atoms with E-state index in [9.17, 15) is 4.79 Å². The first kappa shape index (κ1) is 21.0. The molecule has 0 aliphatic heterocycles. The fraction of sp³-hybridized carbons (Fsp3) is 0.333. The first-order chi connectivity index (χ1) is 14.0. The number of carbonyl (C=O) groups is 1. The predicted molar refractivity (Wildman–Crippen MR) is 112 cm³/mol. The summed E-state index contributed by atoms with van der Waals surface area (Å²) in [4.78, 5) is 20.9. The third-order valence-electron chi connectivity index (χ3n) is 4.22. The molecule has 8 heteroatoms. The van der Waals surface area contributed by atoms with Gasteiger partial charge in [0.1, 0.15) is 11.8 Å². The van der Waals surface area contributed by atoms with Crippen LogP contribution in [0.1, 0.15) is 38.6 Å². The van der Waals surface area contributed by atoms with E-state index in [0.29, 0.717) is 31.2 Å². The second-order valence-electron chi connectivity index (χ2n) is 6.90. The van der Waals surface area contributed by atoms with Gasteiger partial charge in [-0.25, -0.2) is 0 Å². The minimum absolute atomic E-state index is 0.0809. The average molecular weight is 459 g/mol. The van der Waals surface area contributed by atoms with Crippen LogP contribution >= 0.6 is 15.9 Å². The fourth-order valence-electron chi connectivity index (χ4n) is 2.71.